The van der Waals surface area contributed by atoms with E-state index in [-0.39, 0.29) is 18.8 Å². The van der Waals surface area contributed by atoms with Crippen LogP contribution in [0.1, 0.15) is 20.1 Å². The zero-order valence-corrected chi connectivity index (χ0v) is 14.1. The number of anilines is 1. The number of hydrogen-bond donors (Lipinski definition) is 1. The van der Waals surface area contributed by atoms with Crippen LogP contribution in [0.15, 0.2) is 12.7 Å². The van der Waals surface area contributed by atoms with Crippen molar-refractivity contribution in [2.24, 2.45) is 0 Å². The third-order valence-electron chi connectivity index (χ3n) is 4.34. The summed E-state index contributed by atoms with van der Waals surface area (Å²) in [5, 5.41) is 9.61. The topological polar surface area (TPSA) is 94.8 Å². The minimum Gasteiger partial charge on any atom is -0.394 e. The van der Waals surface area contributed by atoms with Crippen LogP contribution in [0.5, 0.6) is 0 Å². The van der Waals surface area contributed by atoms with Crippen LogP contribution in [0, 0.1) is 0 Å². The third-order valence-corrected chi connectivity index (χ3v) is 4.34. The molecular formula is C15H21N5O4. The molecule has 0 radical (unpaired) electrons. The van der Waals surface area contributed by atoms with E-state index in [1.807, 2.05) is 37.4 Å². The lowest BCUT2D eigenvalue weighted by Crippen LogP contribution is -2.31. The molecule has 0 spiro atoms. The lowest BCUT2D eigenvalue weighted by atomic mass is 10.1. The standard InChI is InChI=1S/C15H21N5O4/c1-15(2)23-10-8(5-21)22-14(11(10)24-15)20-7-18-9-12(19(3)4)16-6-17-13(9)20/h6-8,10-11,14,21H,5H2,1-4H3/t8-,10?,11?,14-/m1/s1. The van der Waals surface area contributed by atoms with Crippen molar-refractivity contribution in [1.29, 1.82) is 0 Å². The summed E-state index contributed by atoms with van der Waals surface area (Å²) < 4.78 is 19.7. The summed E-state index contributed by atoms with van der Waals surface area (Å²) in [7, 11) is 3.81. The summed E-state index contributed by atoms with van der Waals surface area (Å²) in [6.45, 7) is 3.58. The zero-order valence-electron chi connectivity index (χ0n) is 14.1. The first-order valence-corrected chi connectivity index (χ1v) is 7.88. The predicted octanol–water partition coefficient (Wildman–Crippen LogP) is 0.302. The van der Waals surface area contributed by atoms with Crippen LogP contribution < -0.4 is 4.90 Å². The second-order valence-electron chi connectivity index (χ2n) is 6.73. The van der Waals surface area contributed by atoms with Crippen LogP contribution in [0.25, 0.3) is 11.2 Å². The fourth-order valence-electron chi connectivity index (χ4n) is 3.38. The Bertz CT molecular complexity index is 761. The van der Waals surface area contributed by atoms with Crippen LogP contribution in [0.3, 0.4) is 0 Å². The Kier molecular flexibility index (Phi) is 3.50. The molecule has 2 aliphatic rings. The van der Waals surface area contributed by atoms with Gasteiger partial charge in [0.1, 0.15) is 24.6 Å². The lowest BCUT2D eigenvalue weighted by Gasteiger charge is -2.24. The molecule has 24 heavy (non-hydrogen) atoms. The maximum atomic E-state index is 9.61. The summed E-state index contributed by atoms with van der Waals surface area (Å²) in [5.41, 5.74) is 1.35. The van der Waals surface area contributed by atoms with Gasteiger partial charge in [0.25, 0.3) is 0 Å². The van der Waals surface area contributed by atoms with Gasteiger partial charge in [-0.3, -0.25) is 4.57 Å². The summed E-state index contributed by atoms with van der Waals surface area (Å²) in [5.74, 6) is 0.0150. The van der Waals surface area contributed by atoms with E-state index in [1.165, 1.54) is 6.33 Å². The van der Waals surface area contributed by atoms with E-state index in [9.17, 15) is 5.11 Å². The largest absolute Gasteiger partial charge is 0.394 e. The van der Waals surface area contributed by atoms with Crippen molar-refractivity contribution < 1.29 is 19.3 Å². The molecule has 2 aliphatic heterocycles. The molecule has 2 fully saturated rings. The molecule has 2 saturated heterocycles. The van der Waals surface area contributed by atoms with Gasteiger partial charge in [-0.25, -0.2) is 15.0 Å². The van der Waals surface area contributed by atoms with E-state index in [0.29, 0.717) is 11.2 Å². The Hall–Kier alpha value is -1.81. The number of nitrogens with zero attached hydrogens (tertiary/aromatic N) is 5. The van der Waals surface area contributed by atoms with Crippen LogP contribution in [0.2, 0.25) is 0 Å². The van der Waals surface area contributed by atoms with Crippen molar-refractivity contribution in [2.75, 3.05) is 25.6 Å². The number of aliphatic hydroxyl groups excluding tert-OH is 1. The first kappa shape index (κ1) is 15.7. The Labute approximate surface area is 139 Å². The molecular weight excluding hydrogens is 314 g/mol. The fraction of sp³-hybridized carbons (Fsp3) is 0.667. The summed E-state index contributed by atoms with van der Waals surface area (Å²) in [6, 6.07) is 0. The first-order valence-electron chi connectivity index (χ1n) is 7.88. The van der Waals surface area contributed by atoms with Crippen molar-refractivity contribution in [3.05, 3.63) is 12.7 Å². The number of aromatic nitrogens is 4. The highest BCUT2D eigenvalue weighted by Crippen LogP contribution is 2.43. The number of aliphatic hydroxyl groups is 1. The van der Waals surface area contributed by atoms with Gasteiger partial charge in [0, 0.05) is 14.1 Å². The molecule has 4 atom stereocenters. The maximum absolute atomic E-state index is 9.61. The van der Waals surface area contributed by atoms with Crippen molar-refractivity contribution in [3.63, 3.8) is 0 Å². The highest BCUT2D eigenvalue weighted by molar-refractivity contribution is 5.83. The molecule has 0 amide bonds. The fourth-order valence-corrected chi connectivity index (χ4v) is 3.38. The number of ether oxygens (including phenoxy) is 3. The van der Waals surface area contributed by atoms with E-state index >= 15 is 0 Å². The Balaban J connectivity index is 1.76. The summed E-state index contributed by atoms with van der Waals surface area (Å²) >= 11 is 0. The van der Waals surface area contributed by atoms with E-state index in [2.05, 4.69) is 15.0 Å². The monoisotopic (exact) mass is 335 g/mol. The van der Waals surface area contributed by atoms with Gasteiger partial charge in [0.05, 0.1) is 12.9 Å². The number of fused-ring (bicyclic) bond motifs is 2. The van der Waals surface area contributed by atoms with Gasteiger partial charge in [-0.1, -0.05) is 0 Å². The molecule has 4 heterocycles. The smallest absolute Gasteiger partial charge is 0.167 e. The molecule has 1 N–H and O–H groups in total. The van der Waals surface area contributed by atoms with Crippen LogP contribution >= 0.6 is 0 Å². The number of rotatable bonds is 3. The van der Waals surface area contributed by atoms with Crippen molar-refractivity contribution in [2.45, 2.75) is 44.2 Å². The highest BCUT2D eigenvalue weighted by Gasteiger charge is 2.55. The molecule has 0 bridgehead atoms. The Morgan fingerprint density at radius 1 is 1.21 bits per heavy atom. The highest BCUT2D eigenvalue weighted by atomic mass is 16.8. The molecule has 0 aromatic carbocycles. The van der Waals surface area contributed by atoms with Gasteiger partial charge < -0.3 is 24.2 Å². The normalized spacial score (nSPS) is 31.5. The molecule has 2 aromatic heterocycles. The molecule has 0 saturated carbocycles. The van der Waals surface area contributed by atoms with Gasteiger partial charge in [-0.15, -0.1) is 0 Å². The molecule has 9 heteroatoms. The third kappa shape index (κ3) is 2.27. The Morgan fingerprint density at radius 3 is 2.67 bits per heavy atom. The van der Waals surface area contributed by atoms with Crippen LogP contribution in [-0.4, -0.2) is 69.4 Å². The Morgan fingerprint density at radius 2 is 1.96 bits per heavy atom. The van der Waals surface area contributed by atoms with Crippen LogP contribution in [0.4, 0.5) is 5.82 Å². The second kappa shape index (κ2) is 5.35. The first-order chi connectivity index (χ1) is 11.4. The predicted molar refractivity (Wildman–Crippen MR) is 84.5 cm³/mol. The van der Waals surface area contributed by atoms with Crippen molar-refractivity contribution >= 4 is 17.0 Å². The minimum absolute atomic E-state index is 0.137. The minimum atomic E-state index is -0.717. The lowest BCUT2D eigenvalue weighted by molar-refractivity contribution is -0.199. The number of imidazole rings is 1. The van der Waals surface area contributed by atoms with Gasteiger partial charge in [0.2, 0.25) is 0 Å². The van der Waals surface area contributed by atoms with E-state index in [1.54, 1.807) is 6.33 Å². The van der Waals surface area contributed by atoms with Crippen LogP contribution in [-0.2, 0) is 14.2 Å². The molecule has 9 nitrogen and oxygen atoms in total. The van der Waals surface area contributed by atoms with Crippen molar-refractivity contribution in [3.8, 4) is 0 Å². The summed E-state index contributed by atoms with van der Waals surface area (Å²) in [4.78, 5) is 14.9. The summed E-state index contributed by atoms with van der Waals surface area (Å²) in [6.07, 6.45) is 1.58. The SMILES string of the molecule is CN(C)c1ncnc2c1ncn2[C@@H]1O[C@H](CO)C2OC(C)(C)OC21. The second-order valence-corrected chi connectivity index (χ2v) is 6.73. The van der Waals surface area contributed by atoms with E-state index in [0.717, 1.165) is 5.82 Å². The van der Waals surface area contributed by atoms with Gasteiger partial charge in [-0.05, 0) is 13.8 Å². The average molecular weight is 335 g/mol. The quantitative estimate of drug-likeness (QED) is 0.856. The number of hydrogen-bond acceptors (Lipinski definition) is 8. The van der Waals surface area contributed by atoms with Gasteiger partial charge >= 0.3 is 0 Å². The molecule has 4 rings (SSSR count). The van der Waals surface area contributed by atoms with Crippen molar-refractivity contribution in [1.82, 2.24) is 19.5 Å². The zero-order chi connectivity index (χ0) is 17.1. The van der Waals surface area contributed by atoms with Gasteiger partial charge in [-0.2, -0.15) is 0 Å². The molecule has 130 valence electrons. The average Bonchev–Trinajstić information content (AvgIpc) is 3.17. The molecule has 2 aromatic rings. The van der Waals surface area contributed by atoms with E-state index < -0.39 is 18.1 Å². The molecule has 2 unspecified atom stereocenters. The molecule has 0 aliphatic carbocycles. The maximum Gasteiger partial charge on any atom is 0.167 e. The van der Waals surface area contributed by atoms with E-state index in [4.69, 9.17) is 14.2 Å². The van der Waals surface area contributed by atoms with Gasteiger partial charge in [0.15, 0.2) is 29.0 Å².